The molecule has 0 aliphatic rings. The monoisotopic (exact) mass is 301 g/mol. The molecule has 0 fully saturated rings. The summed E-state index contributed by atoms with van der Waals surface area (Å²) in [5, 5.41) is 0. The Kier molecular flexibility index (Phi) is 2.40. The highest BCUT2D eigenvalue weighted by molar-refractivity contribution is 14.1. The van der Waals surface area contributed by atoms with Crippen molar-refractivity contribution in [3.05, 3.63) is 26.3 Å². The second-order valence-electron chi connectivity index (χ2n) is 1.40. The molecule has 0 N–H and O–H groups in total. The summed E-state index contributed by atoms with van der Waals surface area (Å²) in [5.74, 6) is -0.238. The summed E-state index contributed by atoms with van der Waals surface area (Å²) in [6, 6.07) is 1.33. The molecule has 0 bridgehead atoms. The van der Waals surface area contributed by atoms with Gasteiger partial charge in [0.1, 0.15) is 10.4 Å². The molecule has 1 nitrogen and oxygen atoms in total. The van der Waals surface area contributed by atoms with E-state index in [1.807, 2.05) is 22.6 Å². The third kappa shape index (κ3) is 1.61. The molecule has 0 atom stereocenters. The average Bonchev–Trinajstić information content (AvgIpc) is 1.83. The molecule has 0 saturated heterocycles. The summed E-state index contributed by atoms with van der Waals surface area (Å²) < 4.78 is 13.6. The highest BCUT2D eigenvalue weighted by atomic mass is 127. The van der Waals surface area contributed by atoms with Gasteiger partial charge in [0.15, 0.2) is 0 Å². The molecule has 4 heteroatoms. The van der Waals surface area contributed by atoms with E-state index in [-0.39, 0.29) is 5.82 Å². The van der Waals surface area contributed by atoms with Gasteiger partial charge in [-0.2, -0.15) is 0 Å². The quantitative estimate of drug-likeness (QED) is 0.530. The predicted molar refractivity (Wildman–Crippen MR) is 44.6 cm³/mol. The first-order valence-electron chi connectivity index (χ1n) is 2.17. The average molecular weight is 302 g/mol. The van der Waals surface area contributed by atoms with E-state index in [4.69, 9.17) is 0 Å². The van der Waals surface area contributed by atoms with Crippen LogP contribution in [0.15, 0.2) is 16.9 Å². The van der Waals surface area contributed by atoms with Gasteiger partial charge in [0.05, 0.1) is 3.57 Å². The van der Waals surface area contributed by atoms with Crippen molar-refractivity contribution in [3.8, 4) is 0 Å². The molecule has 48 valence electrons. The molecule has 9 heavy (non-hydrogen) atoms. The summed E-state index contributed by atoms with van der Waals surface area (Å²) in [6.45, 7) is 0. The van der Waals surface area contributed by atoms with Gasteiger partial charge in [0.2, 0.25) is 0 Å². The Bertz CT molecular complexity index is 208. The normalized spacial score (nSPS) is 9.67. The van der Waals surface area contributed by atoms with Crippen LogP contribution in [0.25, 0.3) is 0 Å². The summed E-state index contributed by atoms with van der Waals surface area (Å²) in [6.07, 6.45) is 1.42. The lowest BCUT2D eigenvalue weighted by Gasteiger charge is -1.92. The van der Waals surface area contributed by atoms with Crippen molar-refractivity contribution in [1.29, 1.82) is 0 Å². The van der Waals surface area contributed by atoms with Crippen molar-refractivity contribution < 1.29 is 4.39 Å². The minimum absolute atomic E-state index is 0.238. The van der Waals surface area contributed by atoms with E-state index in [1.54, 1.807) is 0 Å². The molecule has 0 aromatic carbocycles. The topological polar surface area (TPSA) is 12.9 Å². The molecule has 0 unspecified atom stereocenters. The zero-order valence-electron chi connectivity index (χ0n) is 4.24. The lowest BCUT2D eigenvalue weighted by molar-refractivity contribution is 0.616. The van der Waals surface area contributed by atoms with Gasteiger partial charge in [-0.25, -0.2) is 9.37 Å². The Morgan fingerprint density at radius 2 is 2.33 bits per heavy atom. The van der Waals surface area contributed by atoms with Crippen LogP contribution in [0.5, 0.6) is 0 Å². The minimum atomic E-state index is -0.238. The first-order valence-corrected chi connectivity index (χ1v) is 4.04. The minimum Gasteiger partial charge on any atom is -0.248 e. The van der Waals surface area contributed by atoms with E-state index in [2.05, 4.69) is 20.9 Å². The van der Waals surface area contributed by atoms with Crippen molar-refractivity contribution in [2.75, 3.05) is 0 Å². The van der Waals surface area contributed by atoms with Gasteiger partial charge in [0.25, 0.3) is 0 Å². The fraction of sp³-hybridized carbons (Fsp3) is 0. The van der Waals surface area contributed by atoms with Gasteiger partial charge in [-0.15, -0.1) is 0 Å². The molecule has 0 aliphatic carbocycles. The van der Waals surface area contributed by atoms with Gasteiger partial charge in [-0.05, 0) is 44.6 Å². The number of aromatic nitrogens is 1. The van der Waals surface area contributed by atoms with E-state index in [0.29, 0.717) is 8.17 Å². The largest absolute Gasteiger partial charge is 0.248 e. The Morgan fingerprint density at radius 3 is 2.78 bits per heavy atom. The fourth-order valence-corrected chi connectivity index (χ4v) is 1.02. The maximum Gasteiger partial charge on any atom is 0.140 e. The number of pyridine rings is 1. The second-order valence-corrected chi connectivity index (χ2v) is 3.23. The molecular formula is C5H2BrFIN. The van der Waals surface area contributed by atoms with E-state index >= 15 is 0 Å². The lowest BCUT2D eigenvalue weighted by atomic mass is 10.5. The zero-order chi connectivity index (χ0) is 6.85. The molecule has 1 heterocycles. The van der Waals surface area contributed by atoms with Crippen LogP contribution in [0.2, 0.25) is 0 Å². The van der Waals surface area contributed by atoms with Crippen LogP contribution in [0.1, 0.15) is 0 Å². The van der Waals surface area contributed by atoms with Crippen molar-refractivity contribution in [3.63, 3.8) is 0 Å². The van der Waals surface area contributed by atoms with Crippen LogP contribution in [-0.2, 0) is 0 Å². The van der Waals surface area contributed by atoms with Crippen LogP contribution < -0.4 is 0 Å². The Labute approximate surface area is 73.9 Å². The standard InChI is InChI=1S/C5H2BrFIN/c6-5-4(8)3(7)1-2-9-5/h1-2H. The molecule has 0 saturated carbocycles. The molecule has 1 aromatic heterocycles. The number of nitrogens with zero attached hydrogens (tertiary/aromatic N) is 1. The lowest BCUT2D eigenvalue weighted by Crippen LogP contribution is -1.84. The predicted octanol–water partition coefficient (Wildman–Crippen LogP) is 2.59. The highest BCUT2D eigenvalue weighted by Crippen LogP contribution is 2.17. The smallest absolute Gasteiger partial charge is 0.140 e. The Morgan fingerprint density at radius 1 is 1.67 bits per heavy atom. The van der Waals surface area contributed by atoms with E-state index in [9.17, 15) is 4.39 Å². The first kappa shape index (κ1) is 7.40. The molecule has 0 radical (unpaired) electrons. The zero-order valence-corrected chi connectivity index (χ0v) is 7.98. The van der Waals surface area contributed by atoms with Crippen LogP contribution in [0, 0.1) is 9.39 Å². The van der Waals surface area contributed by atoms with Crippen molar-refractivity contribution in [2.45, 2.75) is 0 Å². The third-order valence-electron chi connectivity index (χ3n) is 0.800. The number of rotatable bonds is 0. The van der Waals surface area contributed by atoms with Crippen LogP contribution in [0.4, 0.5) is 4.39 Å². The van der Waals surface area contributed by atoms with Crippen LogP contribution >= 0.6 is 38.5 Å². The van der Waals surface area contributed by atoms with Crippen molar-refractivity contribution >= 4 is 38.5 Å². The van der Waals surface area contributed by atoms with E-state index in [0.717, 1.165) is 0 Å². The second kappa shape index (κ2) is 2.92. The number of halogens is 3. The maximum absolute atomic E-state index is 12.5. The Hall–Kier alpha value is 0.290. The van der Waals surface area contributed by atoms with Crippen molar-refractivity contribution in [1.82, 2.24) is 4.98 Å². The Balaban J connectivity index is 3.25. The summed E-state index contributed by atoms with van der Waals surface area (Å²) in [5.41, 5.74) is 0. The van der Waals surface area contributed by atoms with Gasteiger partial charge in [0, 0.05) is 6.20 Å². The highest BCUT2D eigenvalue weighted by Gasteiger charge is 2.00. The van der Waals surface area contributed by atoms with Crippen LogP contribution in [-0.4, -0.2) is 4.98 Å². The van der Waals surface area contributed by atoms with Gasteiger partial charge in [-0.3, -0.25) is 0 Å². The first-order chi connectivity index (χ1) is 4.22. The summed E-state index contributed by atoms with van der Waals surface area (Å²) >= 11 is 4.97. The molecule has 0 aliphatic heterocycles. The van der Waals surface area contributed by atoms with Crippen LogP contribution in [0.3, 0.4) is 0 Å². The van der Waals surface area contributed by atoms with E-state index < -0.39 is 0 Å². The van der Waals surface area contributed by atoms with Gasteiger partial charge in [-0.1, -0.05) is 0 Å². The molecular weight excluding hydrogens is 300 g/mol. The molecule has 0 spiro atoms. The maximum atomic E-state index is 12.5. The van der Waals surface area contributed by atoms with E-state index in [1.165, 1.54) is 12.3 Å². The molecule has 1 rings (SSSR count). The number of hydrogen-bond acceptors (Lipinski definition) is 1. The van der Waals surface area contributed by atoms with Gasteiger partial charge >= 0.3 is 0 Å². The summed E-state index contributed by atoms with van der Waals surface area (Å²) in [7, 11) is 0. The third-order valence-corrected chi connectivity index (χ3v) is 3.17. The SMILES string of the molecule is Fc1ccnc(Br)c1I. The van der Waals surface area contributed by atoms with Gasteiger partial charge < -0.3 is 0 Å². The molecule has 0 amide bonds. The fourth-order valence-electron chi connectivity index (χ4n) is 0.397. The number of hydrogen-bond donors (Lipinski definition) is 0. The van der Waals surface area contributed by atoms with Crippen molar-refractivity contribution in [2.24, 2.45) is 0 Å². The molecule has 1 aromatic rings. The summed E-state index contributed by atoms with van der Waals surface area (Å²) in [4.78, 5) is 3.81.